The van der Waals surface area contributed by atoms with Crippen LogP contribution in [0.5, 0.6) is 0 Å². The largest absolute Gasteiger partial charge is 0.381 e. The zero-order valence-corrected chi connectivity index (χ0v) is 13.9. The Morgan fingerprint density at radius 1 is 1.04 bits per heavy atom. The number of hydrogen-bond donors (Lipinski definition) is 2. The Bertz CT molecular complexity index is 749. The number of anilines is 2. The van der Waals surface area contributed by atoms with Gasteiger partial charge in [-0.05, 0) is 44.0 Å². The van der Waals surface area contributed by atoms with Gasteiger partial charge in [-0.2, -0.15) is 0 Å². The molecule has 0 radical (unpaired) electrons. The van der Waals surface area contributed by atoms with Crippen molar-refractivity contribution in [3.8, 4) is 0 Å². The molecule has 0 atom stereocenters. The van der Waals surface area contributed by atoms with Gasteiger partial charge in [0.05, 0.1) is 16.8 Å². The second-order valence-electron chi connectivity index (χ2n) is 5.98. The number of hydrogen-bond acceptors (Lipinski definition) is 4. The molecule has 0 saturated heterocycles. The van der Waals surface area contributed by atoms with Crippen LogP contribution < -0.4 is 10.0 Å². The Morgan fingerprint density at radius 3 is 2.35 bits per heavy atom. The maximum absolute atomic E-state index is 12.3. The molecule has 122 valence electrons. The van der Waals surface area contributed by atoms with Crippen LogP contribution in [0.15, 0.2) is 47.5 Å². The highest BCUT2D eigenvalue weighted by Gasteiger charge is 2.16. The molecule has 2 aromatic rings. The van der Waals surface area contributed by atoms with E-state index in [0.29, 0.717) is 11.9 Å². The van der Waals surface area contributed by atoms with Crippen LogP contribution in [0.25, 0.3) is 0 Å². The highest BCUT2D eigenvalue weighted by Crippen LogP contribution is 2.23. The molecule has 1 aromatic heterocycles. The Kier molecular flexibility index (Phi) is 4.52. The summed E-state index contributed by atoms with van der Waals surface area (Å²) >= 11 is 0. The van der Waals surface area contributed by atoms with Crippen molar-refractivity contribution in [2.75, 3.05) is 10.0 Å². The Hall–Kier alpha value is -2.08. The maximum atomic E-state index is 12.3. The first kappa shape index (κ1) is 15.8. The number of benzene rings is 1. The number of nitrogens with zero attached hydrogens (tertiary/aromatic N) is 1. The van der Waals surface area contributed by atoms with Crippen LogP contribution in [0.3, 0.4) is 0 Å². The topological polar surface area (TPSA) is 71.1 Å². The molecule has 0 amide bonds. The summed E-state index contributed by atoms with van der Waals surface area (Å²) in [6.45, 7) is 1.92. The molecule has 1 aliphatic rings. The van der Waals surface area contributed by atoms with Gasteiger partial charge >= 0.3 is 0 Å². The molecule has 1 aliphatic carbocycles. The minimum Gasteiger partial charge on any atom is -0.381 e. The van der Waals surface area contributed by atoms with E-state index in [1.807, 2.05) is 13.0 Å². The van der Waals surface area contributed by atoms with E-state index >= 15 is 0 Å². The van der Waals surface area contributed by atoms with Crippen molar-refractivity contribution in [1.29, 1.82) is 0 Å². The lowest BCUT2D eigenvalue weighted by atomic mass is 10.2. The second-order valence-corrected chi connectivity index (χ2v) is 7.66. The first-order valence-corrected chi connectivity index (χ1v) is 9.33. The average Bonchev–Trinajstić information content (AvgIpc) is 3.02. The molecule has 2 N–H and O–H groups in total. The van der Waals surface area contributed by atoms with Gasteiger partial charge < -0.3 is 5.32 Å². The zero-order valence-electron chi connectivity index (χ0n) is 13.1. The third-order valence-electron chi connectivity index (χ3n) is 4.06. The number of aromatic nitrogens is 1. The van der Waals surface area contributed by atoms with Crippen molar-refractivity contribution >= 4 is 21.5 Å². The van der Waals surface area contributed by atoms with Crippen molar-refractivity contribution in [3.05, 3.63) is 48.2 Å². The second kappa shape index (κ2) is 6.58. The first-order chi connectivity index (χ1) is 11.0. The molecule has 1 aromatic carbocycles. The van der Waals surface area contributed by atoms with Crippen molar-refractivity contribution in [2.24, 2.45) is 0 Å². The van der Waals surface area contributed by atoms with E-state index in [0.717, 1.165) is 11.3 Å². The van der Waals surface area contributed by atoms with Gasteiger partial charge in [0.25, 0.3) is 10.0 Å². The van der Waals surface area contributed by atoms with E-state index in [-0.39, 0.29) is 4.90 Å². The summed E-state index contributed by atoms with van der Waals surface area (Å²) in [6.07, 6.45) is 6.56. The molecule has 1 heterocycles. The minimum atomic E-state index is -3.60. The van der Waals surface area contributed by atoms with E-state index in [9.17, 15) is 8.42 Å². The number of pyridine rings is 1. The van der Waals surface area contributed by atoms with Crippen LogP contribution in [-0.4, -0.2) is 19.4 Å². The molecule has 5 nitrogen and oxygen atoms in total. The number of rotatable bonds is 5. The van der Waals surface area contributed by atoms with E-state index in [4.69, 9.17) is 0 Å². The molecule has 23 heavy (non-hydrogen) atoms. The predicted octanol–water partition coefficient (Wildman–Crippen LogP) is 3.55. The van der Waals surface area contributed by atoms with Gasteiger partial charge in [-0.15, -0.1) is 0 Å². The van der Waals surface area contributed by atoms with Crippen LogP contribution in [-0.2, 0) is 10.0 Å². The molecule has 0 bridgehead atoms. The van der Waals surface area contributed by atoms with Crippen LogP contribution in [0.4, 0.5) is 11.5 Å². The summed E-state index contributed by atoms with van der Waals surface area (Å²) in [5.41, 5.74) is 1.94. The lowest BCUT2D eigenvalue weighted by Gasteiger charge is -2.13. The van der Waals surface area contributed by atoms with E-state index < -0.39 is 10.0 Å². The highest BCUT2D eigenvalue weighted by atomic mass is 32.2. The maximum Gasteiger partial charge on any atom is 0.263 e. The molecule has 3 rings (SSSR count). The molecule has 1 fully saturated rings. The van der Waals surface area contributed by atoms with Gasteiger partial charge in [-0.3, -0.25) is 4.72 Å². The quantitative estimate of drug-likeness (QED) is 0.879. The summed E-state index contributed by atoms with van der Waals surface area (Å²) in [5, 5.41) is 3.43. The third-order valence-corrected chi connectivity index (χ3v) is 5.43. The molecular formula is C17H21N3O2S. The van der Waals surface area contributed by atoms with Crippen molar-refractivity contribution in [3.63, 3.8) is 0 Å². The van der Waals surface area contributed by atoms with Gasteiger partial charge in [0.15, 0.2) is 0 Å². The molecule has 1 saturated carbocycles. The van der Waals surface area contributed by atoms with Gasteiger partial charge in [-0.25, -0.2) is 13.4 Å². The highest BCUT2D eigenvalue weighted by molar-refractivity contribution is 7.92. The normalized spacial score (nSPS) is 15.5. The zero-order chi connectivity index (χ0) is 16.3. The Balaban J connectivity index is 1.68. The van der Waals surface area contributed by atoms with Crippen LogP contribution >= 0.6 is 0 Å². The SMILES string of the molecule is Cc1ccc(S(=O)(=O)Nc2ccc(NC3CCCC3)cn2)cc1. The standard InChI is InChI=1S/C17H21N3O2S/c1-13-6-9-16(10-7-13)23(21,22)20-17-11-8-15(12-18-17)19-14-4-2-3-5-14/h6-12,14,19H,2-5H2,1H3,(H,18,20). The summed E-state index contributed by atoms with van der Waals surface area (Å²) < 4.78 is 27.1. The fraction of sp³-hybridized carbons (Fsp3) is 0.353. The average molecular weight is 331 g/mol. The van der Waals surface area contributed by atoms with Gasteiger partial charge in [-0.1, -0.05) is 30.5 Å². The summed E-state index contributed by atoms with van der Waals surface area (Å²) in [6, 6.07) is 10.8. The van der Waals surface area contributed by atoms with Crippen LogP contribution in [0, 0.1) is 6.92 Å². The lowest BCUT2D eigenvalue weighted by molar-refractivity contribution is 0.601. The molecule has 0 aliphatic heterocycles. The van der Waals surface area contributed by atoms with E-state index in [2.05, 4.69) is 15.0 Å². The van der Waals surface area contributed by atoms with Crippen molar-refractivity contribution in [1.82, 2.24) is 4.98 Å². The fourth-order valence-corrected chi connectivity index (χ4v) is 3.77. The predicted molar refractivity (Wildman–Crippen MR) is 92.1 cm³/mol. The van der Waals surface area contributed by atoms with Crippen LogP contribution in [0.2, 0.25) is 0 Å². The molecular weight excluding hydrogens is 310 g/mol. The Labute approximate surface area is 137 Å². The Morgan fingerprint density at radius 2 is 1.74 bits per heavy atom. The monoisotopic (exact) mass is 331 g/mol. The molecule has 6 heteroatoms. The van der Waals surface area contributed by atoms with Crippen molar-refractivity contribution in [2.45, 2.75) is 43.5 Å². The fourth-order valence-electron chi connectivity index (χ4n) is 2.76. The third kappa shape index (κ3) is 4.01. The summed E-state index contributed by atoms with van der Waals surface area (Å²) in [4.78, 5) is 4.43. The van der Waals surface area contributed by atoms with Crippen molar-refractivity contribution < 1.29 is 8.42 Å². The smallest absolute Gasteiger partial charge is 0.263 e. The number of sulfonamides is 1. The van der Waals surface area contributed by atoms with Gasteiger partial charge in [0.2, 0.25) is 0 Å². The van der Waals surface area contributed by atoms with E-state index in [1.54, 1.807) is 36.5 Å². The minimum absolute atomic E-state index is 0.234. The summed E-state index contributed by atoms with van der Waals surface area (Å²) in [7, 11) is -3.60. The lowest BCUT2D eigenvalue weighted by Crippen LogP contribution is -2.16. The first-order valence-electron chi connectivity index (χ1n) is 7.85. The number of nitrogens with one attached hydrogen (secondary N) is 2. The van der Waals surface area contributed by atoms with Gasteiger partial charge in [0.1, 0.15) is 5.82 Å². The molecule has 0 unspecified atom stereocenters. The number of aryl methyl sites for hydroxylation is 1. The molecule has 0 spiro atoms. The summed E-state index contributed by atoms with van der Waals surface area (Å²) in [5.74, 6) is 0.322. The van der Waals surface area contributed by atoms with E-state index in [1.165, 1.54) is 25.7 Å². The van der Waals surface area contributed by atoms with Gasteiger partial charge in [0, 0.05) is 6.04 Å². The van der Waals surface area contributed by atoms with Crippen LogP contribution in [0.1, 0.15) is 31.2 Å².